The molecule has 1 aromatic carbocycles. The largest absolute Gasteiger partial charge is 0.348 e. The molecule has 0 saturated carbocycles. The number of hydrogen-bond acceptors (Lipinski definition) is 5. The van der Waals surface area contributed by atoms with E-state index in [2.05, 4.69) is 32.3 Å². The van der Waals surface area contributed by atoms with E-state index in [1.807, 2.05) is 30.3 Å². The van der Waals surface area contributed by atoms with Crippen LogP contribution in [0.25, 0.3) is 17.0 Å². The Hall–Kier alpha value is -2.80. The Bertz CT molecular complexity index is 971. The van der Waals surface area contributed by atoms with Crippen LogP contribution in [-0.4, -0.2) is 55.6 Å². The molecule has 0 aliphatic carbocycles. The minimum absolute atomic E-state index is 0.112. The lowest BCUT2D eigenvalue weighted by Crippen LogP contribution is -2.49. The van der Waals surface area contributed by atoms with Gasteiger partial charge in [-0.2, -0.15) is 14.6 Å². The van der Waals surface area contributed by atoms with Gasteiger partial charge in [0, 0.05) is 23.7 Å². The molecule has 3 aromatic rings. The Labute approximate surface area is 157 Å². The summed E-state index contributed by atoms with van der Waals surface area (Å²) >= 11 is 0. The van der Waals surface area contributed by atoms with Crippen LogP contribution in [0.2, 0.25) is 0 Å². The minimum Gasteiger partial charge on any atom is -0.348 e. The van der Waals surface area contributed by atoms with Crippen molar-refractivity contribution in [3.8, 4) is 11.3 Å². The number of carbonyl (C=O) groups is 1. The van der Waals surface area contributed by atoms with Crippen molar-refractivity contribution in [3.63, 3.8) is 0 Å². The summed E-state index contributed by atoms with van der Waals surface area (Å²) < 4.78 is 1.52. The smallest absolute Gasteiger partial charge is 0.270 e. The predicted molar refractivity (Wildman–Crippen MR) is 101 cm³/mol. The van der Waals surface area contributed by atoms with Crippen LogP contribution in [0, 0.1) is 0 Å². The fraction of sp³-hybridized carbons (Fsp3) is 0.400. The molecule has 2 fully saturated rings. The van der Waals surface area contributed by atoms with Crippen LogP contribution in [0.1, 0.15) is 36.2 Å². The number of rotatable bonds is 3. The van der Waals surface area contributed by atoms with Gasteiger partial charge in [0.15, 0.2) is 0 Å². The van der Waals surface area contributed by atoms with E-state index in [-0.39, 0.29) is 11.9 Å². The summed E-state index contributed by atoms with van der Waals surface area (Å²) in [4.78, 5) is 24.3. The number of amides is 1. The Kier molecular flexibility index (Phi) is 3.89. The van der Waals surface area contributed by atoms with Gasteiger partial charge in [-0.05, 0) is 38.8 Å². The Morgan fingerprint density at radius 1 is 1.15 bits per heavy atom. The maximum Gasteiger partial charge on any atom is 0.270 e. The van der Waals surface area contributed by atoms with Gasteiger partial charge < -0.3 is 10.2 Å². The number of hydrogen-bond donors (Lipinski definition) is 1. The zero-order valence-electron chi connectivity index (χ0n) is 15.2. The third kappa shape index (κ3) is 2.88. The maximum absolute atomic E-state index is 13.1. The molecule has 1 N–H and O–H groups in total. The highest BCUT2D eigenvalue weighted by atomic mass is 16.2. The van der Waals surface area contributed by atoms with Gasteiger partial charge in [-0.1, -0.05) is 30.3 Å². The molecule has 1 amide bonds. The summed E-state index contributed by atoms with van der Waals surface area (Å²) in [6, 6.07) is 13.0. The van der Waals surface area contributed by atoms with Crippen LogP contribution < -0.4 is 5.32 Å². The van der Waals surface area contributed by atoms with Crippen LogP contribution >= 0.6 is 0 Å². The van der Waals surface area contributed by atoms with Gasteiger partial charge in [-0.25, -0.2) is 4.98 Å². The van der Waals surface area contributed by atoms with Gasteiger partial charge in [0.05, 0.1) is 5.69 Å². The third-order valence-electron chi connectivity index (χ3n) is 5.99. The molecule has 0 radical (unpaired) electrons. The van der Waals surface area contributed by atoms with Crippen LogP contribution in [0.5, 0.6) is 0 Å². The average molecular weight is 362 g/mol. The van der Waals surface area contributed by atoms with Crippen molar-refractivity contribution >= 4 is 11.7 Å². The second-order valence-corrected chi connectivity index (χ2v) is 7.56. The van der Waals surface area contributed by atoms with Crippen molar-refractivity contribution < 1.29 is 4.79 Å². The lowest BCUT2D eigenvalue weighted by molar-refractivity contribution is 0.0875. The zero-order chi connectivity index (χ0) is 18.4. The molecule has 2 aromatic heterocycles. The van der Waals surface area contributed by atoms with Gasteiger partial charge in [0.1, 0.15) is 12.0 Å². The number of aromatic nitrogens is 4. The van der Waals surface area contributed by atoms with Gasteiger partial charge in [0.25, 0.3) is 11.7 Å². The highest BCUT2D eigenvalue weighted by molar-refractivity contribution is 5.94. The Balaban J connectivity index is 1.45. The van der Waals surface area contributed by atoms with Crippen molar-refractivity contribution in [2.75, 3.05) is 7.05 Å². The number of nitrogens with zero attached hydrogens (tertiary/aromatic N) is 5. The number of piperidine rings is 1. The first-order valence-corrected chi connectivity index (χ1v) is 9.48. The average Bonchev–Trinajstić information content (AvgIpc) is 3.23. The van der Waals surface area contributed by atoms with Crippen LogP contribution in [-0.2, 0) is 0 Å². The molecule has 2 aliphatic rings. The number of carbonyl (C=O) groups excluding carboxylic acids is 1. The Morgan fingerprint density at radius 3 is 2.63 bits per heavy atom. The molecule has 3 atom stereocenters. The summed E-state index contributed by atoms with van der Waals surface area (Å²) in [6.07, 6.45) is 5.91. The van der Waals surface area contributed by atoms with Crippen LogP contribution in [0.4, 0.5) is 0 Å². The molecule has 5 rings (SSSR count). The van der Waals surface area contributed by atoms with E-state index in [0.29, 0.717) is 23.6 Å². The van der Waals surface area contributed by atoms with E-state index in [9.17, 15) is 4.79 Å². The van der Waals surface area contributed by atoms with Crippen LogP contribution in [0.3, 0.4) is 0 Å². The first kappa shape index (κ1) is 16.4. The molecule has 2 saturated heterocycles. The lowest BCUT2D eigenvalue weighted by atomic mass is 9.98. The highest BCUT2D eigenvalue weighted by Gasteiger charge is 2.39. The topological polar surface area (TPSA) is 75.4 Å². The van der Waals surface area contributed by atoms with E-state index in [4.69, 9.17) is 0 Å². The SMILES string of the molecule is CN1[C@@H]2CC[C@H]1CC(NC(=O)c1cc(-c3ccccc3)nc3ncnn13)C2. The molecular weight excluding hydrogens is 340 g/mol. The summed E-state index contributed by atoms with van der Waals surface area (Å²) in [5.41, 5.74) is 2.15. The van der Waals surface area contributed by atoms with Crippen molar-refractivity contribution in [1.82, 2.24) is 29.8 Å². The Morgan fingerprint density at radius 2 is 1.89 bits per heavy atom. The van der Waals surface area contributed by atoms with Crippen molar-refractivity contribution in [2.24, 2.45) is 0 Å². The second kappa shape index (κ2) is 6.42. The molecule has 27 heavy (non-hydrogen) atoms. The standard InChI is InChI=1S/C20H22N6O/c1-25-15-7-8-16(25)10-14(9-15)23-19(27)18-11-17(13-5-3-2-4-6-13)24-20-21-12-22-26(18)20/h2-6,11-12,14-16H,7-10H2,1H3,(H,23,27)/t14?,15-,16+. The second-order valence-electron chi connectivity index (χ2n) is 7.56. The normalized spacial score (nSPS) is 25.0. The summed E-state index contributed by atoms with van der Waals surface area (Å²) in [5, 5.41) is 7.43. The summed E-state index contributed by atoms with van der Waals surface area (Å²) in [5.74, 6) is 0.323. The van der Waals surface area contributed by atoms with Gasteiger partial charge in [-0.3, -0.25) is 4.79 Å². The molecule has 7 heteroatoms. The van der Waals surface area contributed by atoms with E-state index < -0.39 is 0 Å². The minimum atomic E-state index is -0.112. The molecule has 2 aliphatic heterocycles. The van der Waals surface area contributed by atoms with Crippen LogP contribution in [0.15, 0.2) is 42.7 Å². The number of nitrogens with one attached hydrogen (secondary N) is 1. The zero-order valence-corrected chi connectivity index (χ0v) is 15.2. The highest BCUT2D eigenvalue weighted by Crippen LogP contribution is 2.34. The van der Waals surface area contributed by atoms with E-state index in [1.165, 1.54) is 23.7 Å². The first-order chi connectivity index (χ1) is 13.2. The first-order valence-electron chi connectivity index (χ1n) is 9.48. The monoisotopic (exact) mass is 362 g/mol. The fourth-order valence-corrected chi connectivity index (χ4v) is 4.52. The van der Waals surface area contributed by atoms with Crippen molar-refractivity contribution in [3.05, 3.63) is 48.4 Å². The van der Waals surface area contributed by atoms with E-state index in [1.54, 1.807) is 6.07 Å². The van der Waals surface area contributed by atoms with Crippen molar-refractivity contribution in [1.29, 1.82) is 0 Å². The molecule has 7 nitrogen and oxygen atoms in total. The quantitative estimate of drug-likeness (QED) is 0.773. The number of fused-ring (bicyclic) bond motifs is 3. The lowest BCUT2D eigenvalue weighted by Gasteiger charge is -2.36. The molecular formula is C20H22N6O. The van der Waals surface area contributed by atoms with E-state index >= 15 is 0 Å². The molecule has 1 unspecified atom stereocenters. The van der Waals surface area contributed by atoms with Gasteiger partial charge in [-0.15, -0.1) is 0 Å². The van der Waals surface area contributed by atoms with Crippen molar-refractivity contribution in [2.45, 2.75) is 43.8 Å². The fourth-order valence-electron chi connectivity index (χ4n) is 4.52. The summed E-state index contributed by atoms with van der Waals surface area (Å²) in [7, 11) is 2.20. The van der Waals surface area contributed by atoms with E-state index in [0.717, 1.165) is 24.1 Å². The molecule has 0 spiro atoms. The maximum atomic E-state index is 13.1. The number of benzene rings is 1. The molecule has 2 bridgehead atoms. The van der Waals surface area contributed by atoms with Gasteiger partial charge in [0.2, 0.25) is 0 Å². The predicted octanol–water partition coefficient (Wildman–Crippen LogP) is 2.15. The molecule has 138 valence electrons. The molecule has 4 heterocycles. The third-order valence-corrected chi connectivity index (χ3v) is 5.99. The van der Waals surface area contributed by atoms with Gasteiger partial charge >= 0.3 is 0 Å². The summed E-state index contributed by atoms with van der Waals surface area (Å²) in [6.45, 7) is 0.